The Balaban J connectivity index is 1.97. The van der Waals surface area contributed by atoms with Crippen molar-refractivity contribution >= 4 is 45.0 Å². The third kappa shape index (κ3) is 4.24. The predicted molar refractivity (Wildman–Crippen MR) is 90.3 cm³/mol. The number of nitrogens with zero attached hydrogens (tertiary/aromatic N) is 2. The van der Waals surface area contributed by atoms with Crippen molar-refractivity contribution in [2.24, 2.45) is 0 Å². The fraction of sp³-hybridized carbons (Fsp3) is 0.357. The molecule has 0 unspecified atom stereocenters. The summed E-state index contributed by atoms with van der Waals surface area (Å²) in [5, 5.41) is 12.5. The Hall–Kier alpha value is -1.02. The maximum Gasteiger partial charge on any atom is 0.258 e. The van der Waals surface area contributed by atoms with E-state index in [1.165, 1.54) is 24.2 Å². The Morgan fingerprint density at radius 3 is 2.85 bits per heavy atom. The molecule has 4 nitrogen and oxygen atoms in total. The van der Waals surface area contributed by atoms with E-state index >= 15 is 0 Å². The van der Waals surface area contributed by atoms with Crippen LogP contribution in [0.1, 0.15) is 41.6 Å². The van der Waals surface area contributed by atoms with Gasteiger partial charge in [-0.25, -0.2) is 0 Å². The largest absolute Gasteiger partial charge is 0.296 e. The summed E-state index contributed by atoms with van der Waals surface area (Å²) >= 11 is 3.61. The topological polar surface area (TPSA) is 54.9 Å². The molecule has 1 amide bonds. The van der Waals surface area contributed by atoms with Crippen LogP contribution in [0.2, 0.25) is 0 Å². The fourth-order valence-electron chi connectivity index (χ4n) is 1.74. The van der Waals surface area contributed by atoms with Gasteiger partial charge in [0.05, 0.1) is 5.56 Å². The van der Waals surface area contributed by atoms with Gasteiger partial charge in [0.25, 0.3) is 5.91 Å². The average molecular weight is 401 g/mol. The summed E-state index contributed by atoms with van der Waals surface area (Å²) in [6, 6.07) is 7.48. The van der Waals surface area contributed by atoms with Crippen LogP contribution in [-0.4, -0.2) is 16.1 Å². The van der Waals surface area contributed by atoms with Crippen LogP contribution in [0.4, 0.5) is 5.13 Å². The molecule has 0 spiro atoms. The average Bonchev–Trinajstić information content (AvgIpc) is 2.87. The van der Waals surface area contributed by atoms with Gasteiger partial charge >= 0.3 is 0 Å². The number of unbranched alkanes of at least 4 members (excludes halogenated alkanes) is 2. The lowest BCUT2D eigenvalue weighted by molar-refractivity contribution is 0.102. The second-order valence-corrected chi connectivity index (χ2v) is 6.62. The van der Waals surface area contributed by atoms with Gasteiger partial charge in [0, 0.05) is 9.99 Å². The standard InChI is InChI=1S/C14H16IN3OS/c1-2-3-4-9-12-17-18-14(20-12)16-13(19)10-7-5-6-8-11(10)15/h5-8H,2-4,9H2,1H3,(H,16,18,19). The molecule has 2 aromatic rings. The second-order valence-electron chi connectivity index (χ2n) is 4.39. The number of hydrogen-bond donors (Lipinski definition) is 1. The SMILES string of the molecule is CCCCCc1nnc(NC(=O)c2ccccc2I)s1. The van der Waals surface area contributed by atoms with E-state index < -0.39 is 0 Å². The van der Waals surface area contributed by atoms with Crippen LogP contribution in [0.15, 0.2) is 24.3 Å². The van der Waals surface area contributed by atoms with Crippen molar-refractivity contribution in [1.82, 2.24) is 10.2 Å². The highest BCUT2D eigenvalue weighted by Crippen LogP contribution is 2.19. The molecule has 0 radical (unpaired) electrons. The Morgan fingerprint density at radius 1 is 1.30 bits per heavy atom. The second kappa shape index (κ2) is 7.68. The first kappa shape index (κ1) is 15.4. The molecule has 1 heterocycles. The first-order valence-electron chi connectivity index (χ1n) is 6.59. The van der Waals surface area contributed by atoms with Gasteiger partial charge in [0.2, 0.25) is 5.13 Å². The van der Waals surface area contributed by atoms with Gasteiger partial charge in [0.1, 0.15) is 5.01 Å². The number of carbonyl (C=O) groups is 1. The molecule has 0 saturated carbocycles. The van der Waals surface area contributed by atoms with Gasteiger partial charge in [-0.2, -0.15) is 0 Å². The molecule has 0 fully saturated rings. The molecular formula is C14H16IN3OS. The third-order valence-electron chi connectivity index (χ3n) is 2.80. The fourth-order valence-corrected chi connectivity index (χ4v) is 3.15. The number of rotatable bonds is 6. The lowest BCUT2D eigenvalue weighted by atomic mass is 10.2. The Labute approximate surface area is 136 Å². The molecule has 0 saturated heterocycles. The van der Waals surface area contributed by atoms with Gasteiger partial charge in [-0.15, -0.1) is 10.2 Å². The van der Waals surface area contributed by atoms with E-state index in [-0.39, 0.29) is 5.91 Å². The smallest absolute Gasteiger partial charge is 0.258 e. The molecular weight excluding hydrogens is 385 g/mol. The lowest BCUT2D eigenvalue weighted by Crippen LogP contribution is -2.13. The highest BCUT2D eigenvalue weighted by atomic mass is 127. The molecule has 1 aromatic heterocycles. The molecule has 20 heavy (non-hydrogen) atoms. The summed E-state index contributed by atoms with van der Waals surface area (Å²) in [6.07, 6.45) is 4.44. The van der Waals surface area contributed by atoms with Crippen LogP contribution in [0.25, 0.3) is 0 Å². The minimum Gasteiger partial charge on any atom is -0.296 e. The molecule has 1 N–H and O–H groups in total. The number of halogens is 1. The quantitative estimate of drug-likeness (QED) is 0.585. The number of benzene rings is 1. The minimum absolute atomic E-state index is 0.133. The van der Waals surface area contributed by atoms with Gasteiger partial charge in [-0.05, 0) is 41.1 Å². The predicted octanol–water partition coefficient (Wildman–Crippen LogP) is 4.13. The van der Waals surface area contributed by atoms with Crippen molar-refractivity contribution in [3.63, 3.8) is 0 Å². The number of nitrogens with one attached hydrogen (secondary N) is 1. The summed E-state index contributed by atoms with van der Waals surface area (Å²) in [7, 11) is 0. The lowest BCUT2D eigenvalue weighted by Gasteiger charge is -2.02. The van der Waals surface area contributed by atoms with E-state index in [9.17, 15) is 4.79 Å². The van der Waals surface area contributed by atoms with Crippen molar-refractivity contribution in [1.29, 1.82) is 0 Å². The zero-order valence-corrected chi connectivity index (χ0v) is 14.2. The van der Waals surface area contributed by atoms with Crippen LogP contribution < -0.4 is 5.32 Å². The molecule has 0 aliphatic rings. The maximum atomic E-state index is 12.1. The van der Waals surface area contributed by atoms with Crippen molar-refractivity contribution in [3.8, 4) is 0 Å². The normalized spacial score (nSPS) is 10.5. The van der Waals surface area contributed by atoms with Crippen molar-refractivity contribution in [3.05, 3.63) is 38.4 Å². The molecule has 0 atom stereocenters. The first-order chi connectivity index (χ1) is 9.70. The van der Waals surface area contributed by atoms with E-state index in [0.717, 1.165) is 21.4 Å². The van der Waals surface area contributed by atoms with Gasteiger partial charge < -0.3 is 0 Å². The van der Waals surface area contributed by atoms with Gasteiger partial charge in [0.15, 0.2) is 0 Å². The maximum absolute atomic E-state index is 12.1. The van der Waals surface area contributed by atoms with Crippen molar-refractivity contribution in [2.75, 3.05) is 5.32 Å². The summed E-state index contributed by atoms with van der Waals surface area (Å²) < 4.78 is 0.926. The van der Waals surface area contributed by atoms with Crippen LogP contribution in [0.3, 0.4) is 0 Å². The van der Waals surface area contributed by atoms with Gasteiger partial charge in [-0.1, -0.05) is 43.2 Å². The van der Waals surface area contributed by atoms with E-state index in [2.05, 4.69) is 45.0 Å². The highest BCUT2D eigenvalue weighted by molar-refractivity contribution is 14.1. The van der Waals surface area contributed by atoms with Crippen LogP contribution in [0, 0.1) is 3.57 Å². The molecule has 0 aliphatic heterocycles. The number of anilines is 1. The minimum atomic E-state index is -0.133. The molecule has 106 valence electrons. The van der Waals surface area contributed by atoms with Gasteiger partial charge in [-0.3, -0.25) is 10.1 Å². The van der Waals surface area contributed by atoms with E-state index in [1.54, 1.807) is 6.07 Å². The van der Waals surface area contributed by atoms with Crippen molar-refractivity contribution < 1.29 is 4.79 Å². The molecule has 1 aromatic carbocycles. The van der Waals surface area contributed by atoms with Crippen LogP contribution in [0.5, 0.6) is 0 Å². The first-order valence-corrected chi connectivity index (χ1v) is 8.48. The molecule has 2 rings (SSSR count). The number of hydrogen-bond acceptors (Lipinski definition) is 4. The zero-order valence-electron chi connectivity index (χ0n) is 11.2. The number of aromatic nitrogens is 2. The van der Waals surface area contributed by atoms with E-state index in [0.29, 0.717) is 10.7 Å². The van der Waals surface area contributed by atoms with E-state index in [1.807, 2.05) is 18.2 Å². The monoisotopic (exact) mass is 401 g/mol. The number of carbonyl (C=O) groups excluding carboxylic acids is 1. The highest BCUT2D eigenvalue weighted by Gasteiger charge is 2.12. The summed E-state index contributed by atoms with van der Waals surface area (Å²) in [6.45, 7) is 2.17. The molecule has 6 heteroatoms. The summed E-state index contributed by atoms with van der Waals surface area (Å²) in [5.41, 5.74) is 0.663. The molecule has 0 bridgehead atoms. The Kier molecular flexibility index (Phi) is 5.90. The number of amides is 1. The Bertz CT molecular complexity index is 585. The Morgan fingerprint density at radius 2 is 2.10 bits per heavy atom. The van der Waals surface area contributed by atoms with Crippen molar-refractivity contribution in [2.45, 2.75) is 32.6 Å². The van der Waals surface area contributed by atoms with Crippen LogP contribution >= 0.6 is 33.9 Å². The number of aryl methyl sites for hydroxylation is 1. The van der Waals surface area contributed by atoms with E-state index in [4.69, 9.17) is 0 Å². The molecule has 0 aliphatic carbocycles. The zero-order chi connectivity index (χ0) is 14.4. The van der Waals surface area contributed by atoms with Crippen LogP contribution in [-0.2, 0) is 6.42 Å². The summed E-state index contributed by atoms with van der Waals surface area (Å²) in [4.78, 5) is 12.1. The third-order valence-corrected chi connectivity index (χ3v) is 4.64. The summed E-state index contributed by atoms with van der Waals surface area (Å²) in [5.74, 6) is -0.133.